The molecule has 34 heavy (non-hydrogen) atoms. The van der Waals surface area contributed by atoms with E-state index in [0.717, 1.165) is 28.0 Å². The maximum atomic E-state index is 13.0. The van der Waals surface area contributed by atoms with Crippen LogP contribution in [-0.4, -0.2) is 47.7 Å². The highest BCUT2D eigenvalue weighted by Crippen LogP contribution is 2.40. The molecule has 0 N–H and O–H groups in total. The van der Waals surface area contributed by atoms with Crippen molar-refractivity contribution in [2.75, 3.05) is 30.9 Å². The fraction of sp³-hybridized carbons (Fsp3) is 0.269. The lowest BCUT2D eigenvalue weighted by molar-refractivity contribution is -0.132. The second-order valence-corrected chi connectivity index (χ2v) is 8.33. The van der Waals surface area contributed by atoms with E-state index < -0.39 is 0 Å². The number of rotatable bonds is 6. The zero-order chi connectivity index (χ0) is 24.4. The van der Waals surface area contributed by atoms with E-state index in [-0.39, 0.29) is 36.6 Å². The van der Waals surface area contributed by atoms with Gasteiger partial charge in [-0.2, -0.15) is 5.26 Å². The van der Waals surface area contributed by atoms with Crippen molar-refractivity contribution in [3.05, 3.63) is 71.4 Å². The van der Waals surface area contributed by atoms with E-state index in [0.29, 0.717) is 11.6 Å². The third-order valence-corrected chi connectivity index (χ3v) is 6.06. The number of aryl methyl sites for hydroxylation is 1. The summed E-state index contributed by atoms with van der Waals surface area (Å²) in [5.41, 5.74) is 3.57. The molecule has 1 aromatic heterocycles. The number of aromatic nitrogens is 2. The van der Waals surface area contributed by atoms with Crippen molar-refractivity contribution in [1.82, 2.24) is 14.9 Å². The molecule has 2 heterocycles. The summed E-state index contributed by atoms with van der Waals surface area (Å²) in [5.74, 6) is 0.504. The number of amides is 1. The van der Waals surface area contributed by atoms with Crippen molar-refractivity contribution in [2.45, 2.75) is 26.3 Å². The number of anilines is 2. The molecule has 1 aliphatic heterocycles. The van der Waals surface area contributed by atoms with Crippen LogP contribution in [0.5, 0.6) is 0 Å². The van der Waals surface area contributed by atoms with E-state index in [1.165, 1.54) is 4.90 Å². The van der Waals surface area contributed by atoms with Gasteiger partial charge < -0.3 is 14.7 Å². The van der Waals surface area contributed by atoms with Gasteiger partial charge in [-0.1, -0.05) is 30.3 Å². The second-order valence-electron chi connectivity index (χ2n) is 8.33. The Morgan fingerprint density at radius 1 is 0.971 bits per heavy atom. The van der Waals surface area contributed by atoms with Crippen LogP contribution in [0.4, 0.5) is 11.4 Å². The molecule has 172 valence electrons. The highest BCUT2D eigenvalue weighted by atomic mass is 16.2. The van der Waals surface area contributed by atoms with Crippen molar-refractivity contribution in [3.8, 4) is 6.07 Å². The van der Waals surface area contributed by atoms with Crippen LogP contribution in [0.1, 0.15) is 24.4 Å². The van der Waals surface area contributed by atoms with E-state index in [2.05, 4.69) is 16.0 Å². The summed E-state index contributed by atoms with van der Waals surface area (Å²) in [6.45, 7) is 2.16. The first-order valence-electron chi connectivity index (χ1n) is 11.0. The van der Waals surface area contributed by atoms with Crippen LogP contribution < -0.4 is 9.80 Å². The van der Waals surface area contributed by atoms with Gasteiger partial charge in [-0.15, -0.1) is 0 Å². The van der Waals surface area contributed by atoms with E-state index in [1.54, 1.807) is 7.05 Å². The first-order chi connectivity index (χ1) is 16.3. The van der Waals surface area contributed by atoms with Gasteiger partial charge in [0.25, 0.3) is 0 Å². The quantitative estimate of drug-likeness (QED) is 0.415. The summed E-state index contributed by atoms with van der Waals surface area (Å²) in [7, 11) is 5.32. The molecule has 0 radical (unpaired) electrons. The van der Waals surface area contributed by atoms with Crippen molar-refractivity contribution in [1.29, 1.82) is 5.26 Å². The number of nitrogens with zero attached hydrogens (tertiary/aromatic N) is 6. The van der Waals surface area contributed by atoms with Crippen LogP contribution in [0.3, 0.4) is 0 Å². The van der Waals surface area contributed by atoms with Gasteiger partial charge in [-0.05, 0) is 25.1 Å². The van der Waals surface area contributed by atoms with Gasteiger partial charge in [0.2, 0.25) is 5.91 Å². The number of nitriles is 1. The average molecular weight is 455 g/mol. The second kappa shape index (κ2) is 9.32. The maximum Gasteiger partial charge on any atom is 0.223 e. The molecule has 0 bridgehead atoms. The average Bonchev–Trinajstić information content (AvgIpc) is 3.08. The molecule has 1 amide bonds. The van der Waals surface area contributed by atoms with Gasteiger partial charge in [0, 0.05) is 45.1 Å². The number of hydrogen-bond acceptors (Lipinski definition) is 7. The fourth-order valence-corrected chi connectivity index (χ4v) is 4.26. The summed E-state index contributed by atoms with van der Waals surface area (Å²) in [4.78, 5) is 39.9. The standard InChI is InChI=1S/C26H26N6O2/c1-17-18-9-5-6-10-20(18)29-24(28-17)16-30(2)25(34)14-13-23(33)19(15-27)26-31(3)21-11-7-8-12-22(21)32(26)4/h5-12H,13-14,16H2,1-4H3. The van der Waals surface area contributed by atoms with E-state index in [9.17, 15) is 14.9 Å². The van der Waals surface area contributed by atoms with Gasteiger partial charge >= 0.3 is 0 Å². The van der Waals surface area contributed by atoms with Crippen LogP contribution in [0, 0.1) is 18.3 Å². The predicted octanol–water partition coefficient (Wildman–Crippen LogP) is 3.57. The van der Waals surface area contributed by atoms with Gasteiger partial charge in [0.1, 0.15) is 23.3 Å². The van der Waals surface area contributed by atoms with Gasteiger partial charge in [0.05, 0.1) is 23.4 Å². The lowest BCUT2D eigenvalue weighted by Gasteiger charge is -2.20. The summed E-state index contributed by atoms with van der Waals surface area (Å²) < 4.78 is 0. The minimum Gasteiger partial charge on any atom is -0.338 e. The van der Waals surface area contributed by atoms with Gasteiger partial charge in [-0.3, -0.25) is 9.59 Å². The molecule has 0 atom stereocenters. The third kappa shape index (κ3) is 4.20. The Balaban J connectivity index is 1.44. The Morgan fingerprint density at radius 2 is 1.59 bits per heavy atom. The minimum absolute atomic E-state index is 0.000728. The fourth-order valence-electron chi connectivity index (χ4n) is 4.26. The van der Waals surface area contributed by atoms with Crippen LogP contribution in [0.2, 0.25) is 0 Å². The number of allylic oxidation sites excluding steroid dienone is 1. The molecule has 0 unspecified atom stereocenters. The summed E-state index contributed by atoms with van der Waals surface area (Å²) in [5, 5.41) is 10.7. The Kier molecular flexibility index (Phi) is 6.28. The number of para-hydroxylation sites is 3. The van der Waals surface area contributed by atoms with Crippen molar-refractivity contribution >= 4 is 34.0 Å². The molecule has 4 rings (SSSR count). The number of benzene rings is 2. The van der Waals surface area contributed by atoms with Crippen LogP contribution in [0.15, 0.2) is 59.9 Å². The zero-order valence-corrected chi connectivity index (χ0v) is 19.7. The number of Topliss-reactive ketones (excluding diaryl/α,β-unsaturated/α-hetero) is 1. The number of carbonyl (C=O) groups is 2. The third-order valence-electron chi connectivity index (χ3n) is 6.06. The van der Waals surface area contributed by atoms with Crippen LogP contribution in [-0.2, 0) is 16.1 Å². The lowest BCUT2D eigenvalue weighted by atomic mass is 10.1. The molecule has 0 spiro atoms. The number of hydrogen-bond donors (Lipinski definition) is 0. The normalized spacial score (nSPS) is 12.5. The molecule has 3 aromatic rings. The van der Waals surface area contributed by atoms with Crippen molar-refractivity contribution < 1.29 is 9.59 Å². The molecule has 1 aliphatic rings. The first kappa shape index (κ1) is 22.9. The Labute approximate surface area is 198 Å². The molecule has 0 aliphatic carbocycles. The SMILES string of the molecule is Cc1nc(CN(C)C(=O)CCC(=O)C(C#N)=C2N(C)c3ccccc3N2C)nc2ccccc12. The molecular formula is C26H26N6O2. The molecule has 0 fully saturated rings. The Hall–Kier alpha value is -4.25. The Morgan fingerprint density at radius 3 is 2.24 bits per heavy atom. The Bertz CT molecular complexity index is 1330. The van der Waals surface area contributed by atoms with Crippen molar-refractivity contribution in [2.24, 2.45) is 0 Å². The summed E-state index contributed by atoms with van der Waals surface area (Å²) in [6.07, 6.45) is -0.0497. The molecular weight excluding hydrogens is 428 g/mol. The topological polar surface area (TPSA) is 93.4 Å². The van der Waals surface area contributed by atoms with E-state index >= 15 is 0 Å². The van der Waals surface area contributed by atoms with Crippen LogP contribution in [0.25, 0.3) is 10.9 Å². The predicted molar refractivity (Wildman–Crippen MR) is 131 cm³/mol. The molecule has 0 saturated heterocycles. The number of fused-ring (bicyclic) bond motifs is 2. The first-order valence-corrected chi connectivity index (χ1v) is 11.0. The largest absolute Gasteiger partial charge is 0.338 e. The minimum atomic E-state index is -0.358. The number of carbonyl (C=O) groups excluding carboxylic acids is 2. The molecule has 2 aromatic carbocycles. The monoisotopic (exact) mass is 454 g/mol. The molecule has 8 nitrogen and oxygen atoms in total. The highest BCUT2D eigenvalue weighted by molar-refractivity contribution is 6.03. The van der Waals surface area contributed by atoms with Crippen molar-refractivity contribution in [3.63, 3.8) is 0 Å². The summed E-state index contributed by atoms with van der Waals surface area (Å²) in [6, 6.07) is 17.5. The van der Waals surface area contributed by atoms with Crippen LogP contribution >= 0.6 is 0 Å². The smallest absolute Gasteiger partial charge is 0.223 e. The zero-order valence-electron chi connectivity index (χ0n) is 19.7. The van der Waals surface area contributed by atoms with E-state index in [4.69, 9.17) is 0 Å². The van der Waals surface area contributed by atoms with Gasteiger partial charge in [0.15, 0.2) is 5.78 Å². The van der Waals surface area contributed by atoms with E-state index in [1.807, 2.05) is 79.3 Å². The van der Waals surface area contributed by atoms with Gasteiger partial charge in [-0.25, -0.2) is 9.97 Å². The lowest BCUT2D eigenvalue weighted by Crippen LogP contribution is -2.29. The summed E-state index contributed by atoms with van der Waals surface area (Å²) >= 11 is 0. The molecule has 0 saturated carbocycles. The maximum absolute atomic E-state index is 13.0. The molecule has 8 heteroatoms. The number of ketones is 1. The highest BCUT2D eigenvalue weighted by Gasteiger charge is 2.31.